The fourth-order valence-electron chi connectivity index (χ4n) is 4.17. The molecule has 0 amide bonds. The molecule has 4 rings (SSSR count). The maximum atomic E-state index is 10.2. The first-order chi connectivity index (χ1) is 13.8. The molecule has 0 radical (unpaired) electrons. The number of para-hydroxylation sites is 1. The average Bonchev–Trinajstić information content (AvgIpc) is 2.76. The van der Waals surface area contributed by atoms with Crippen LogP contribution in [0.4, 0.5) is 0 Å². The number of rotatable bonds is 6. The molecule has 144 valence electrons. The molecule has 28 heavy (non-hydrogen) atoms. The molecule has 0 heterocycles. The van der Waals surface area contributed by atoms with E-state index < -0.39 is 8.60 Å². The minimum absolute atomic E-state index is 0.000872. The summed E-state index contributed by atoms with van der Waals surface area (Å²) in [5, 5.41) is 0. The minimum atomic E-state index is -1.92. The molecule has 4 heteroatoms. The molecule has 0 saturated heterocycles. The lowest BCUT2D eigenvalue weighted by Gasteiger charge is -2.41. The van der Waals surface area contributed by atoms with Gasteiger partial charge in [-0.3, -0.25) is 4.52 Å². The largest absolute Gasteiger partial charge is 0.427 e. The molecule has 3 aromatic rings. The highest BCUT2D eigenvalue weighted by Crippen LogP contribution is 2.48. The van der Waals surface area contributed by atoms with Gasteiger partial charge in [-0.2, -0.15) is 0 Å². The predicted molar refractivity (Wildman–Crippen MR) is 113 cm³/mol. The Morgan fingerprint density at radius 1 is 0.714 bits per heavy atom. The van der Waals surface area contributed by atoms with Gasteiger partial charge in [-0.05, 0) is 48.9 Å². The van der Waals surface area contributed by atoms with Crippen LogP contribution in [0.25, 0.3) is 0 Å². The second kappa shape index (κ2) is 8.87. The van der Waals surface area contributed by atoms with Crippen LogP contribution in [0.15, 0.2) is 91.0 Å². The number of hydrogen-bond donors (Lipinski definition) is 1. The van der Waals surface area contributed by atoms with Crippen LogP contribution >= 0.6 is 8.60 Å². The molecule has 1 saturated carbocycles. The van der Waals surface area contributed by atoms with Gasteiger partial charge in [0.25, 0.3) is 0 Å². The van der Waals surface area contributed by atoms with Crippen molar-refractivity contribution in [2.45, 2.75) is 37.2 Å². The molecule has 0 bridgehead atoms. The third-order valence-corrected chi connectivity index (χ3v) is 6.45. The third kappa shape index (κ3) is 4.28. The molecule has 0 aromatic heterocycles. The summed E-state index contributed by atoms with van der Waals surface area (Å²) in [6, 6.07) is 30.8. The first kappa shape index (κ1) is 19.1. The van der Waals surface area contributed by atoms with E-state index in [1.165, 1.54) is 11.1 Å². The van der Waals surface area contributed by atoms with E-state index in [9.17, 15) is 4.89 Å². The summed E-state index contributed by atoms with van der Waals surface area (Å²) in [6.45, 7) is 0. The lowest BCUT2D eigenvalue weighted by molar-refractivity contribution is 0.114. The van der Waals surface area contributed by atoms with Gasteiger partial charge in [0.1, 0.15) is 5.75 Å². The van der Waals surface area contributed by atoms with Crippen molar-refractivity contribution >= 4 is 8.60 Å². The van der Waals surface area contributed by atoms with Crippen molar-refractivity contribution in [2.75, 3.05) is 0 Å². The van der Waals surface area contributed by atoms with Crippen LogP contribution in [0.3, 0.4) is 0 Å². The van der Waals surface area contributed by atoms with Crippen molar-refractivity contribution in [1.29, 1.82) is 0 Å². The van der Waals surface area contributed by atoms with Gasteiger partial charge in [0, 0.05) is 5.41 Å². The smallest absolute Gasteiger partial charge is 0.394 e. The minimum Gasteiger partial charge on any atom is -0.427 e. The highest BCUT2D eigenvalue weighted by Gasteiger charge is 2.39. The second-order valence-electron chi connectivity index (χ2n) is 7.26. The fourth-order valence-corrected chi connectivity index (χ4v) is 4.98. The Hall–Kier alpha value is -2.19. The highest BCUT2D eigenvalue weighted by molar-refractivity contribution is 7.41. The van der Waals surface area contributed by atoms with Crippen molar-refractivity contribution < 1.29 is 13.9 Å². The Labute approximate surface area is 168 Å². The summed E-state index contributed by atoms with van der Waals surface area (Å²) < 4.78 is 11.4. The molecule has 1 fully saturated rings. The van der Waals surface area contributed by atoms with E-state index in [4.69, 9.17) is 9.05 Å². The molecule has 1 unspecified atom stereocenters. The topological polar surface area (TPSA) is 38.7 Å². The van der Waals surface area contributed by atoms with Crippen LogP contribution in [0.1, 0.15) is 36.8 Å². The lowest BCUT2D eigenvalue weighted by Crippen LogP contribution is -2.35. The zero-order valence-corrected chi connectivity index (χ0v) is 16.7. The van der Waals surface area contributed by atoms with Gasteiger partial charge in [0.15, 0.2) is 0 Å². The Morgan fingerprint density at radius 2 is 1.18 bits per heavy atom. The van der Waals surface area contributed by atoms with E-state index in [-0.39, 0.29) is 11.5 Å². The van der Waals surface area contributed by atoms with Crippen LogP contribution in [-0.2, 0) is 9.94 Å². The zero-order chi connectivity index (χ0) is 19.2. The monoisotopic (exact) mass is 392 g/mol. The lowest BCUT2D eigenvalue weighted by atomic mass is 9.65. The van der Waals surface area contributed by atoms with Crippen LogP contribution < -0.4 is 4.52 Å². The molecular weight excluding hydrogens is 367 g/mol. The van der Waals surface area contributed by atoms with Gasteiger partial charge in [-0.1, -0.05) is 78.9 Å². The van der Waals surface area contributed by atoms with Crippen molar-refractivity contribution in [3.05, 3.63) is 102 Å². The predicted octanol–water partition coefficient (Wildman–Crippen LogP) is 6.23. The summed E-state index contributed by atoms with van der Waals surface area (Å²) >= 11 is 0. The molecular formula is C24H25O3P. The highest BCUT2D eigenvalue weighted by atomic mass is 31.2. The molecule has 1 atom stereocenters. The van der Waals surface area contributed by atoms with Gasteiger partial charge in [-0.25, -0.2) is 0 Å². The van der Waals surface area contributed by atoms with Crippen LogP contribution in [0, 0.1) is 0 Å². The first-order valence-corrected chi connectivity index (χ1v) is 10.9. The molecule has 1 aliphatic rings. The van der Waals surface area contributed by atoms with Crippen LogP contribution in [-0.4, -0.2) is 11.0 Å². The molecule has 1 N–H and O–H groups in total. The first-order valence-electron chi connectivity index (χ1n) is 9.76. The Kier molecular flexibility index (Phi) is 6.07. The normalized spacial score (nSPS) is 17.8. The van der Waals surface area contributed by atoms with Crippen molar-refractivity contribution in [3.63, 3.8) is 0 Å². The van der Waals surface area contributed by atoms with Gasteiger partial charge in [-0.15, -0.1) is 0 Å². The standard InChI is InChI=1S/C24H25O3P/c25-28(26-22-14-8-3-9-15-22)27-23-16-18-24(19-17-23,20-10-4-1-5-11-20)21-12-6-2-7-13-21/h1-15,23,25H,16-19H2. The SMILES string of the molecule is OP(Oc1ccccc1)OC1CCC(c2ccccc2)(c2ccccc2)CC1. The van der Waals surface area contributed by atoms with E-state index in [2.05, 4.69) is 60.7 Å². The Morgan fingerprint density at radius 3 is 1.68 bits per heavy atom. The Bertz CT molecular complexity index is 805. The fraction of sp³-hybridized carbons (Fsp3) is 0.250. The Balaban J connectivity index is 1.45. The van der Waals surface area contributed by atoms with Gasteiger partial charge in [0.05, 0.1) is 6.10 Å². The van der Waals surface area contributed by atoms with Crippen molar-refractivity contribution in [1.82, 2.24) is 0 Å². The molecule has 3 nitrogen and oxygen atoms in total. The van der Waals surface area contributed by atoms with Gasteiger partial charge >= 0.3 is 8.60 Å². The van der Waals surface area contributed by atoms with E-state index in [1.807, 2.05) is 30.3 Å². The van der Waals surface area contributed by atoms with Crippen LogP contribution in [0.2, 0.25) is 0 Å². The zero-order valence-electron chi connectivity index (χ0n) is 15.8. The van der Waals surface area contributed by atoms with Crippen LogP contribution in [0.5, 0.6) is 5.75 Å². The summed E-state index contributed by atoms with van der Waals surface area (Å²) in [4.78, 5) is 10.2. The van der Waals surface area contributed by atoms with Crippen molar-refractivity contribution in [3.8, 4) is 5.75 Å². The maximum absolute atomic E-state index is 10.2. The summed E-state index contributed by atoms with van der Waals surface area (Å²) in [5.41, 5.74) is 2.71. The maximum Gasteiger partial charge on any atom is 0.394 e. The molecule has 0 aliphatic heterocycles. The summed E-state index contributed by atoms with van der Waals surface area (Å²) in [5.74, 6) is 0.634. The number of hydrogen-bond acceptors (Lipinski definition) is 3. The van der Waals surface area contributed by atoms with E-state index in [1.54, 1.807) is 0 Å². The quantitative estimate of drug-likeness (QED) is 0.506. The summed E-state index contributed by atoms with van der Waals surface area (Å²) in [6.07, 6.45) is 3.77. The molecule has 3 aromatic carbocycles. The average molecular weight is 392 g/mol. The van der Waals surface area contributed by atoms with Crippen molar-refractivity contribution in [2.24, 2.45) is 0 Å². The molecule has 1 aliphatic carbocycles. The second-order valence-corrected chi connectivity index (χ2v) is 8.13. The molecule has 0 spiro atoms. The van der Waals surface area contributed by atoms with E-state index in [0.717, 1.165) is 25.7 Å². The number of benzene rings is 3. The van der Waals surface area contributed by atoms with E-state index in [0.29, 0.717) is 5.75 Å². The van der Waals surface area contributed by atoms with Gasteiger partial charge < -0.3 is 9.42 Å². The van der Waals surface area contributed by atoms with E-state index >= 15 is 0 Å². The van der Waals surface area contributed by atoms with Gasteiger partial charge in [0.2, 0.25) is 0 Å². The third-order valence-electron chi connectivity index (χ3n) is 5.60. The summed E-state index contributed by atoms with van der Waals surface area (Å²) in [7, 11) is -1.92.